The Balaban J connectivity index is 2.34. The number of carbonyl (C=O) groups is 1. The van der Waals surface area contributed by atoms with Gasteiger partial charge in [0.15, 0.2) is 0 Å². The summed E-state index contributed by atoms with van der Waals surface area (Å²) in [5, 5.41) is 0. The molecule has 0 aromatic carbocycles. The molecule has 0 saturated carbocycles. The van der Waals surface area contributed by atoms with Crippen molar-refractivity contribution in [3.05, 3.63) is 12.2 Å². The predicted octanol–water partition coefficient (Wildman–Crippen LogP) is 1.92. The Bertz CT molecular complexity index is 207. The highest BCUT2D eigenvalue weighted by Gasteiger charge is 2.30. The quantitative estimate of drug-likeness (QED) is 0.372. The van der Waals surface area contributed by atoms with Crippen LogP contribution in [0.15, 0.2) is 12.2 Å². The molecule has 1 aliphatic rings. The molecule has 0 aromatic heterocycles. The van der Waals surface area contributed by atoms with Crippen molar-refractivity contribution in [2.45, 2.75) is 32.3 Å². The summed E-state index contributed by atoms with van der Waals surface area (Å²) in [5.41, 5.74) is 0. The van der Waals surface area contributed by atoms with Gasteiger partial charge in [-0.15, -0.1) is 0 Å². The van der Waals surface area contributed by atoms with Crippen molar-refractivity contribution in [1.29, 1.82) is 0 Å². The van der Waals surface area contributed by atoms with Gasteiger partial charge >= 0.3 is 5.97 Å². The lowest BCUT2D eigenvalue weighted by atomic mass is 9.99. The van der Waals surface area contributed by atoms with Gasteiger partial charge in [0.25, 0.3) is 0 Å². The first kappa shape index (κ1) is 11.2. The first-order valence-corrected chi connectivity index (χ1v) is 5.12. The number of hydrogen-bond donors (Lipinski definition) is 0. The van der Waals surface area contributed by atoms with Crippen LogP contribution in [0.1, 0.15) is 26.2 Å². The summed E-state index contributed by atoms with van der Waals surface area (Å²) in [4.78, 5) is 11.4. The Morgan fingerprint density at radius 2 is 2.36 bits per heavy atom. The zero-order chi connectivity index (χ0) is 10.4. The molecule has 2 atom stereocenters. The maximum absolute atomic E-state index is 11.4. The van der Waals surface area contributed by atoms with Gasteiger partial charge in [-0.3, -0.25) is 4.79 Å². The third kappa shape index (κ3) is 3.92. The van der Waals surface area contributed by atoms with Gasteiger partial charge in [0.1, 0.15) is 0 Å². The normalized spacial score (nSPS) is 22.3. The minimum Gasteiger partial charge on any atom is -0.469 e. The molecular formula is C11H18O3. The molecule has 80 valence electrons. The van der Waals surface area contributed by atoms with Crippen LogP contribution < -0.4 is 0 Å². The van der Waals surface area contributed by atoms with E-state index in [9.17, 15) is 4.79 Å². The minimum absolute atomic E-state index is 0.0321. The highest BCUT2D eigenvalue weighted by molar-refractivity contribution is 5.72. The van der Waals surface area contributed by atoms with Crippen LogP contribution in [-0.2, 0) is 14.3 Å². The number of methoxy groups -OCH3 is 1. The van der Waals surface area contributed by atoms with E-state index in [1.54, 1.807) is 0 Å². The fourth-order valence-electron chi connectivity index (χ4n) is 1.40. The molecular weight excluding hydrogens is 180 g/mol. The van der Waals surface area contributed by atoms with Crippen LogP contribution in [-0.4, -0.2) is 25.8 Å². The SMILES string of the molecule is CCC=CCC(CC1CO1)C(=O)OC. The number of rotatable bonds is 6. The lowest BCUT2D eigenvalue weighted by Crippen LogP contribution is -2.17. The number of esters is 1. The Morgan fingerprint density at radius 3 is 2.86 bits per heavy atom. The van der Waals surface area contributed by atoms with E-state index in [0.717, 1.165) is 25.9 Å². The van der Waals surface area contributed by atoms with E-state index in [0.29, 0.717) is 0 Å². The Hall–Kier alpha value is -0.830. The first-order chi connectivity index (χ1) is 6.77. The summed E-state index contributed by atoms with van der Waals surface area (Å²) in [6.07, 6.45) is 6.97. The lowest BCUT2D eigenvalue weighted by molar-refractivity contribution is -0.145. The van der Waals surface area contributed by atoms with Crippen molar-refractivity contribution in [2.24, 2.45) is 5.92 Å². The van der Waals surface area contributed by atoms with Gasteiger partial charge < -0.3 is 9.47 Å². The van der Waals surface area contributed by atoms with Gasteiger partial charge in [0, 0.05) is 0 Å². The second-order valence-electron chi connectivity index (χ2n) is 3.53. The topological polar surface area (TPSA) is 38.8 Å². The van der Waals surface area contributed by atoms with Gasteiger partial charge in [-0.05, 0) is 19.3 Å². The zero-order valence-corrected chi connectivity index (χ0v) is 8.86. The van der Waals surface area contributed by atoms with E-state index < -0.39 is 0 Å². The molecule has 0 radical (unpaired) electrons. The van der Waals surface area contributed by atoms with E-state index >= 15 is 0 Å². The first-order valence-electron chi connectivity index (χ1n) is 5.12. The zero-order valence-electron chi connectivity index (χ0n) is 8.86. The van der Waals surface area contributed by atoms with Crippen molar-refractivity contribution >= 4 is 5.97 Å². The molecule has 0 spiro atoms. The van der Waals surface area contributed by atoms with Crippen LogP contribution >= 0.6 is 0 Å². The standard InChI is InChI=1S/C11H18O3/c1-3-4-5-6-9(11(12)13-2)7-10-8-14-10/h4-5,9-10H,3,6-8H2,1-2H3. The summed E-state index contributed by atoms with van der Waals surface area (Å²) in [6, 6.07) is 0. The summed E-state index contributed by atoms with van der Waals surface area (Å²) in [6.45, 7) is 2.87. The fourth-order valence-corrected chi connectivity index (χ4v) is 1.40. The van der Waals surface area contributed by atoms with Gasteiger partial charge in [-0.1, -0.05) is 19.1 Å². The van der Waals surface area contributed by atoms with Crippen LogP contribution in [0, 0.1) is 5.92 Å². The van der Waals surface area contributed by atoms with Crippen LogP contribution in [0.3, 0.4) is 0 Å². The Morgan fingerprint density at radius 1 is 1.64 bits per heavy atom. The molecule has 1 fully saturated rings. The molecule has 14 heavy (non-hydrogen) atoms. The molecule has 3 heteroatoms. The molecule has 1 saturated heterocycles. The van der Waals surface area contributed by atoms with E-state index in [2.05, 4.69) is 13.0 Å². The highest BCUT2D eigenvalue weighted by Crippen LogP contribution is 2.23. The molecule has 1 rings (SSSR count). The van der Waals surface area contributed by atoms with Crippen molar-refractivity contribution in [3.63, 3.8) is 0 Å². The van der Waals surface area contributed by atoms with Gasteiger partial charge in [-0.2, -0.15) is 0 Å². The van der Waals surface area contributed by atoms with E-state index in [1.165, 1.54) is 7.11 Å². The van der Waals surface area contributed by atoms with Crippen LogP contribution in [0.4, 0.5) is 0 Å². The van der Waals surface area contributed by atoms with Crippen LogP contribution in [0.25, 0.3) is 0 Å². The average molecular weight is 198 g/mol. The van der Waals surface area contributed by atoms with Crippen molar-refractivity contribution in [1.82, 2.24) is 0 Å². The average Bonchev–Trinajstić information content (AvgIpc) is 2.99. The van der Waals surface area contributed by atoms with Crippen LogP contribution in [0.5, 0.6) is 0 Å². The number of carbonyl (C=O) groups excluding carboxylic acids is 1. The van der Waals surface area contributed by atoms with Gasteiger partial charge in [0.05, 0.1) is 25.7 Å². The number of ether oxygens (including phenoxy) is 2. The van der Waals surface area contributed by atoms with E-state index in [4.69, 9.17) is 9.47 Å². The lowest BCUT2D eigenvalue weighted by Gasteiger charge is -2.10. The molecule has 0 aliphatic carbocycles. The molecule has 0 bridgehead atoms. The minimum atomic E-state index is -0.124. The summed E-state index contributed by atoms with van der Waals surface area (Å²) >= 11 is 0. The highest BCUT2D eigenvalue weighted by atomic mass is 16.6. The van der Waals surface area contributed by atoms with Gasteiger partial charge in [-0.25, -0.2) is 0 Å². The van der Waals surface area contributed by atoms with Crippen molar-refractivity contribution < 1.29 is 14.3 Å². The van der Waals surface area contributed by atoms with Crippen molar-refractivity contribution in [3.8, 4) is 0 Å². The molecule has 3 nitrogen and oxygen atoms in total. The molecule has 1 aliphatic heterocycles. The molecule has 0 aromatic rings. The Labute approximate surface area is 85.1 Å². The third-order valence-corrected chi connectivity index (χ3v) is 2.31. The Kier molecular flexibility index (Phi) is 4.66. The molecule has 0 amide bonds. The number of allylic oxidation sites excluding steroid dienone is 2. The maximum atomic E-state index is 11.4. The number of epoxide rings is 1. The smallest absolute Gasteiger partial charge is 0.309 e. The van der Waals surface area contributed by atoms with E-state index in [-0.39, 0.29) is 18.0 Å². The maximum Gasteiger partial charge on any atom is 0.309 e. The van der Waals surface area contributed by atoms with Gasteiger partial charge in [0.2, 0.25) is 0 Å². The molecule has 1 heterocycles. The summed E-state index contributed by atoms with van der Waals surface area (Å²) in [7, 11) is 1.44. The summed E-state index contributed by atoms with van der Waals surface area (Å²) in [5.74, 6) is -0.156. The second-order valence-corrected chi connectivity index (χ2v) is 3.53. The van der Waals surface area contributed by atoms with E-state index in [1.807, 2.05) is 6.08 Å². The summed E-state index contributed by atoms with van der Waals surface area (Å²) < 4.78 is 9.85. The predicted molar refractivity (Wildman–Crippen MR) is 53.9 cm³/mol. The number of hydrogen-bond acceptors (Lipinski definition) is 3. The molecule has 2 unspecified atom stereocenters. The van der Waals surface area contributed by atoms with Crippen LogP contribution in [0.2, 0.25) is 0 Å². The third-order valence-electron chi connectivity index (χ3n) is 2.31. The van der Waals surface area contributed by atoms with Crippen molar-refractivity contribution in [2.75, 3.05) is 13.7 Å². The largest absolute Gasteiger partial charge is 0.469 e. The fraction of sp³-hybridized carbons (Fsp3) is 0.727. The second kappa shape index (κ2) is 5.81. The monoisotopic (exact) mass is 198 g/mol. The molecule has 0 N–H and O–H groups in total.